The number of carbonyl (C=O) groups is 3. The molecule has 0 aliphatic carbocycles. The van der Waals surface area contributed by atoms with E-state index < -0.39 is 12.2 Å². The molecule has 1 fully saturated rings. The fraction of sp³-hybridized carbons (Fsp3) is 0.241. The first kappa shape index (κ1) is 25.1. The van der Waals surface area contributed by atoms with Gasteiger partial charge in [0.1, 0.15) is 18.8 Å². The van der Waals surface area contributed by atoms with Crippen molar-refractivity contribution >= 4 is 39.9 Å². The van der Waals surface area contributed by atoms with E-state index in [1.165, 1.54) is 11.8 Å². The lowest BCUT2D eigenvalue weighted by atomic mass is 10.1. The standard InChI is InChI=1S/C29H28FN5O3/c1-19(36)25-17-34(26-10-9-22(13-24(25)26)33-23-8-5-11-31-15-23)18-28(37)35-16-21(30)12-27(35)29(38)32-14-20-6-3-2-4-7-20/h2-11,13,15,17,21,27,33H,12,14,16,18H2,1H3,(H,32,38)/t21-,27+/m1/s1. The summed E-state index contributed by atoms with van der Waals surface area (Å²) in [4.78, 5) is 44.0. The summed E-state index contributed by atoms with van der Waals surface area (Å²) in [5.74, 6) is -0.896. The van der Waals surface area contributed by atoms with Gasteiger partial charge in [0.25, 0.3) is 0 Å². The number of carbonyl (C=O) groups excluding carboxylic acids is 3. The molecule has 1 aliphatic rings. The number of ketones is 1. The summed E-state index contributed by atoms with van der Waals surface area (Å²) in [6, 6.07) is 17.8. The summed E-state index contributed by atoms with van der Waals surface area (Å²) in [5.41, 5.74) is 3.66. The largest absolute Gasteiger partial charge is 0.354 e. The molecule has 8 nitrogen and oxygen atoms in total. The van der Waals surface area contributed by atoms with Gasteiger partial charge in [0.2, 0.25) is 11.8 Å². The van der Waals surface area contributed by atoms with E-state index in [0.29, 0.717) is 23.0 Å². The fourth-order valence-corrected chi connectivity index (χ4v) is 4.84. The van der Waals surface area contributed by atoms with Gasteiger partial charge in [-0.05, 0) is 42.8 Å². The normalized spacial score (nSPS) is 16.9. The van der Waals surface area contributed by atoms with Crippen molar-refractivity contribution in [2.45, 2.75) is 38.6 Å². The van der Waals surface area contributed by atoms with Crippen molar-refractivity contribution in [2.75, 3.05) is 11.9 Å². The highest BCUT2D eigenvalue weighted by molar-refractivity contribution is 6.08. The van der Waals surface area contributed by atoms with E-state index in [9.17, 15) is 18.8 Å². The van der Waals surface area contributed by atoms with Crippen LogP contribution in [0.25, 0.3) is 10.9 Å². The number of nitrogens with zero attached hydrogens (tertiary/aromatic N) is 3. The van der Waals surface area contributed by atoms with Crippen LogP contribution in [0.4, 0.5) is 15.8 Å². The number of rotatable bonds is 8. The van der Waals surface area contributed by atoms with Crippen LogP contribution in [0.1, 0.15) is 29.3 Å². The molecule has 38 heavy (non-hydrogen) atoms. The summed E-state index contributed by atoms with van der Waals surface area (Å²) in [7, 11) is 0. The molecule has 194 valence electrons. The number of amides is 2. The molecule has 2 atom stereocenters. The maximum Gasteiger partial charge on any atom is 0.243 e. The van der Waals surface area contributed by atoms with Crippen LogP contribution in [0.2, 0.25) is 0 Å². The van der Waals surface area contributed by atoms with Gasteiger partial charge in [-0.1, -0.05) is 30.3 Å². The molecule has 1 saturated heterocycles. The van der Waals surface area contributed by atoms with E-state index in [0.717, 1.165) is 16.9 Å². The Hall–Kier alpha value is -4.53. The number of benzene rings is 2. The van der Waals surface area contributed by atoms with Crippen LogP contribution in [-0.2, 0) is 22.7 Å². The third kappa shape index (κ3) is 5.41. The van der Waals surface area contributed by atoms with E-state index in [4.69, 9.17) is 0 Å². The predicted molar refractivity (Wildman–Crippen MR) is 143 cm³/mol. The molecule has 2 aromatic carbocycles. The van der Waals surface area contributed by atoms with E-state index in [2.05, 4.69) is 15.6 Å². The van der Waals surface area contributed by atoms with Crippen molar-refractivity contribution in [3.05, 3.63) is 90.4 Å². The Balaban J connectivity index is 1.34. The molecule has 5 rings (SSSR count). The molecule has 2 N–H and O–H groups in total. The first-order valence-electron chi connectivity index (χ1n) is 12.4. The smallest absolute Gasteiger partial charge is 0.243 e. The van der Waals surface area contributed by atoms with Crippen LogP contribution in [0.3, 0.4) is 0 Å². The first-order valence-corrected chi connectivity index (χ1v) is 12.4. The van der Waals surface area contributed by atoms with E-state index in [1.54, 1.807) is 23.2 Å². The summed E-state index contributed by atoms with van der Waals surface area (Å²) in [6.07, 6.45) is 3.71. The maximum absolute atomic E-state index is 14.4. The second kappa shape index (κ2) is 10.8. The van der Waals surface area contributed by atoms with E-state index >= 15 is 0 Å². The fourth-order valence-electron chi connectivity index (χ4n) is 4.84. The molecule has 1 aliphatic heterocycles. The van der Waals surface area contributed by atoms with Crippen molar-refractivity contribution in [1.82, 2.24) is 19.8 Å². The highest BCUT2D eigenvalue weighted by atomic mass is 19.1. The number of hydrogen-bond acceptors (Lipinski definition) is 5. The molecule has 0 bridgehead atoms. The topological polar surface area (TPSA) is 96.3 Å². The average molecular weight is 514 g/mol. The number of anilines is 2. The van der Waals surface area contributed by atoms with Gasteiger partial charge < -0.3 is 20.1 Å². The zero-order valence-corrected chi connectivity index (χ0v) is 20.9. The second-order valence-electron chi connectivity index (χ2n) is 9.42. The van der Waals surface area contributed by atoms with E-state index in [1.807, 2.05) is 60.7 Å². The van der Waals surface area contributed by atoms with Gasteiger partial charge in [-0.2, -0.15) is 0 Å². The number of halogens is 1. The monoisotopic (exact) mass is 513 g/mol. The quantitative estimate of drug-likeness (QED) is 0.344. The number of aromatic nitrogens is 2. The van der Waals surface area contributed by atoms with Gasteiger partial charge in [0.05, 0.1) is 18.4 Å². The summed E-state index contributed by atoms with van der Waals surface area (Å²) in [5, 5.41) is 6.78. The highest BCUT2D eigenvalue weighted by Gasteiger charge is 2.39. The third-order valence-corrected chi connectivity index (χ3v) is 6.70. The lowest BCUT2D eigenvalue weighted by Gasteiger charge is -2.24. The number of pyridine rings is 1. The van der Waals surface area contributed by atoms with Crippen molar-refractivity contribution in [1.29, 1.82) is 0 Å². The van der Waals surface area contributed by atoms with Gasteiger partial charge >= 0.3 is 0 Å². The number of fused-ring (bicyclic) bond motifs is 1. The van der Waals surface area contributed by atoms with Gasteiger partial charge in [-0.3, -0.25) is 19.4 Å². The van der Waals surface area contributed by atoms with Crippen molar-refractivity contribution < 1.29 is 18.8 Å². The molecular weight excluding hydrogens is 485 g/mol. The van der Waals surface area contributed by atoms with Crippen LogP contribution < -0.4 is 10.6 Å². The average Bonchev–Trinajstić information content (AvgIpc) is 3.49. The Morgan fingerprint density at radius 1 is 1.05 bits per heavy atom. The SMILES string of the molecule is CC(=O)c1cn(CC(=O)N2C[C@H](F)C[C@H]2C(=O)NCc2ccccc2)c2ccc(Nc3cccnc3)cc12. The summed E-state index contributed by atoms with van der Waals surface area (Å²) < 4.78 is 16.1. The maximum atomic E-state index is 14.4. The zero-order valence-electron chi connectivity index (χ0n) is 20.9. The van der Waals surface area contributed by atoms with Crippen LogP contribution >= 0.6 is 0 Å². The van der Waals surface area contributed by atoms with Crippen LogP contribution in [0.15, 0.2) is 79.3 Å². The van der Waals surface area contributed by atoms with Crippen LogP contribution in [0.5, 0.6) is 0 Å². The van der Waals surface area contributed by atoms with Gasteiger partial charge in [-0.15, -0.1) is 0 Å². The minimum absolute atomic E-state index is 0.0408. The van der Waals surface area contributed by atoms with Crippen molar-refractivity contribution in [3.63, 3.8) is 0 Å². The number of likely N-dealkylation sites (tertiary alicyclic amines) is 1. The number of hydrogen-bond donors (Lipinski definition) is 2. The van der Waals surface area contributed by atoms with Gasteiger partial charge in [0.15, 0.2) is 5.78 Å². The highest BCUT2D eigenvalue weighted by Crippen LogP contribution is 2.28. The molecule has 0 spiro atoms. The van der Waals surface area contributed by atoms with Crippen molar-refractivity contribution in [3.8, 4) is 0 Å². The Labute approximate surface area is 219 Å². The molecule has 0 radical (unpaired) electrons. The lowest BCUT2D eigenvalue weighted by Crippen LogP contribution is -2.46. The number of nitrogens with one attached hydrogen (secondary N) is 2. The molecule has 0 unspecified atom stereocenters. The van der Waals surface area contributed by atoms with Gasteiger partial charge in [-0.25, -0.2) is 4.39 Å². The van der Waals surface area contributed by atoms with E-state index in [-0.39, 0.29) is 37.1 Å². The van der Waals surface area contributed by atoms with Crippen molar-refractivity contribution in [2.24, 2.45) is 0 Å². The molecule has 2 amide bonds. The van der Waals surface area contributed by atoms with Gasteiger partial charge in [0, 0.05) is 47.5 Å². The predicted octanol–water partition coefficient (Wildman–Crippen LogP) is 4.24. The first-order chi connectivity index (χ1) is 18.4. The Bertz CT molecular complexity index is 1470. The molecule has 9 heteroatoms. The molecule has 3 heterocycles. The zero-order chi connectivity index (χ0) is 26.6. The molecule has 4 aromatic rings. The number of alkyl halides is 1. The third-order valence-electron chi connectivity index (χ3n) is 6.70. The molecule has 2 aromatic heterocycles. The summed E-state index contributed by atoms with van der Waals surface area (Å²) in [6.45, 7) is 1.52. The minimum Gasteiger partial charge on any atom is -0.354 e. The Morgan fingerprint density at radius 3 is 2.61 bits per heavy atom. The Morgan fingerprint density at radius 2 is 1.87 bits per heavy atom. The number of Topliss-reactive ketones (excluding diaryl/α,β-unsaturated/α-hetero) is 1. The molecular formula is C29H28FN5O3. The molecule has 0 saturated carbocycles. The van der Waals surface area contributed by atoms with Crippen LogP contribution in [0, 0.1) is 0 Å². The lowest BCUT2D eigenvalue weighted by molar-refractivity contribution is -0.139. The van der Waals surface area contributed by atoms with Crippen LogP contribution in [-0.4, -0.2) is 50.8 Å². The summed E-state index contributed by atoms with van der Waals surface area (Å²) >= 11 is 0. The minimum atomic E-state index is -1.28. The second-order valence-corrected chi connectivity index (χ2v) is 9.42. The Kier molecular flexibility index (Phi) is 7.17.